The summed E-state index contributed by atoms with van der Waals surface area (Å²) in [6.45, 7) is 1.52. The molecule has 1 aliphatic heterocycles. The molecule has 128 valence electrons. The Bertz CT molecular complexity index is 660. The fourth-order valence-corrected chi connectivity index (χ4v) is 5.30. The summed E-state index contributed by atoms with van der Waals surface area (Å²) in [5, 5.41) is 0. The van der Waals surface area contributed by atoms with Crippen molar-refractivity contribution < 1.29 is 26.3 Å². The first-order valence-electron chi connectivity index (χ1n) is 7.60. The van der Waals surface area contributed by atoms with E-state index in [0.717, 1.165) is 44.5 Å². The minimum atomic E-state index is -4.79. The molecule has 0 radical (unpaired) electrons. The van der Waals surface area contributed by atoms with Gasteiger partial charge in [-0.2, -0.15) is 0 Å². The Hall–Kier alpha value is -1.28. The summed E-state index contributed by atoms with van der Waals surface area (Å²) in [5.41, 5.74) is 0. The topological polar surface area (TPSA) is 46.6 Å². The normalized spacial score (nSPS) is 21.9. The molecule has 0 spiro atoms. The highest BCUT2D eigenvalue weighted by atomic mass is 32.2. The van der Waals surface area contributed by atoms with Crippen LogP contribution in [0.2, 0.25) is 0 Å². The smallest absolute Gasteiger partial charge is 0.406 e. The number of sulfone groups is 1. The Morgan fingerprint density at radius 1 is 1.00 bits per heavy atom. The summed E-state index contributed by atoms with van der Waals surface area (Å²) in [5.74, 6) is -0.417. The van der Waals surface area contributed by atoms with E-state index in [4.69, 9.17) is 0 Å². The lowest BCUT2D eigenvalue weighted by Crippen LogP contribution is -2.46. The summed E-state index contributed by atoms with van der Waals surface area (Å²) < 4.78 is 66.1. The third kappa shape index (κ3) is 3.19. The third-order valence-electron chi connectivity index (χ3n) is 4.48. The highest BCUT2D eigenvalue weighted by molar-refractivity contribution is 7.93. The predicted molar refractivity (Wildman–Crippen MR) is 77.7 cm³/mol. The zero-order valence-electron chi connectivity index (χ0n) is 12.5. The fraction of sp³-hybridized carbons (Fsp3) is 0.600. The van der Waals surface area contributed by atoms with Crippen LogP contribution < -0.4 is 4.74 Å². The summed E-state index contributed by atoms with van der Waals surface area (Å²) >= 11 is 0. The lowest BCUT2D eigenvalue weighted by molar-refractivity contribution is -0.274. The Morgan fingerprint density at radius 3 is 2.04 bits per heavy atom. The van der Waals surface area contributed by atoms with E-state index in [1.807, 2.05) is 4.90 Å². The van der Waals surface area contributed by atoms with E-state index in [9.17, 15) is 21.6 Å². The molecule has 0 N–H and O–H groups in total. The minimum absolute atomic E-state index is 0.0510. The molecule has 2 fully saturated rings. The predicted octanol–water partition coefficient (Wildman–Crippen LogP) is 3.33. The van der Waals surface area contributed by atoms with Crippen molar-refractivity contribution in [1.82, 2.24) is 4.90 Å². The van der Waals surface area contributed by atoms with E-state index in [1.54, 1.807) is 0 Å². The molecule has 1 aromatic carbocycles. The second-order valence-corrected chi connectivity index (χ2v) is 8.25. The van der Waals surface area contributed by atoms with Crippen LogP contribution in [0.1, 0.15) is 32.1 Å². The first kappa shape index (κ1) is 16.6. The number of alkyl halides is 3. The van der Waals surface area contributed by atoms with E-state index in [-0.39, 0.29) is 4.90 Å². The molecule has 23 heavy (non-hydrogen) atoms. The number of nitrogens with zero attached hydrogens (tertiary/aromatic N) is 1. The van der Waals surface area contributed by atoms with Gasteiger partial charge in [-0.3, -0.25) is 4.90 Å². The second-order valence-electron chi connectivity index (χ2n) is 6.02. The highest BCUT2D eigenvalue weighted by Crippen LogP contribution is 2.50. The Kier molecular flexibility index (Phi) is 4.08. The SMILES string of the molecule is O=S(=O)(c1ccc(OC(F)(F)F)cc1)C1(N2CCCCC2)CC1. The zero-order chi connectivity index (χ0) is 16.7. The number of halogens is 3. The second kappa shape index (κ2) is 5.66. The summed E-state index contributed by atoms with van der Waals surface area (Å²) in [7, 11) is -3.60. The Labute approximate surface area is 133 Å². The Balaban J connectivity index is 1.82. The van der Waals surface area contributed by atoms with Crippen LogP contribution in [-0.2, 0) is 9.84 Å². The molecular weight excluding hydrogens is 331 g/mol. The van der Waals surface area contributed by atoms with Crippen molar-refractivity contribution in [2.75, 3.05) is 13.1 Å². The molecule has 1 aromatic rings. The molecule has 0 amide bonds. The Morgan fingerprint density at radius 2 is 1.57 bits per heavy atom. The number of hydrogen-bond acceptors (Lipinski definition) is 4. The number of hydrogen-bond donors (Lipinski definition) is 0. The third-order valence-corrected chi connectivity index (χ3v) is 7.04. The van der Waals surface area contributed by atoms with Crippen LogP contribution in [0.4, 0.5) is 13.2 Å². The van der Waals surface area contributed by atoms with Gasteiger partial charge in [0, 0.05) is 0 Å². The molecule has 1 aliphatic carbocycles. The fourth-order valence-electron chi connectivity index (χ4n) is 3.20. The standard InChI is InChI=1S/C15H18F3NO3S/c16-15(17,18)22-12-4-6-13(7-5-12)23(20,21)14(8-9-14)19-10-2-1-3-11-19/h4-7H,1-3,8-11H2. The molecule has 0 bridgehead atoms. The van der Waals surface area contributed by atoms with Crippen molar-refractivity contribution in [3.63, 3.8) is 0 Å². The van der Waals surface area contributed by atoms with Crippen molar-refractivity contribution in [1.29, 1.82) is 0 Å². The van der Waals surface area contributed by atoms with Crippen molar-refractivity contribution in [2.24, 2.45) is 0 Å². The van der Waals surface area contributed by atoms with Crippen LogP contribution in [0.3, 0.4) is 0 Å². The number of ether oxygens (including phenoxy) is 1. The number of benzene rings is 1. The van der Waals surface area contributed by atoms with Crippen LogP contribution in [-0.4, -0.2) is 37.6 Å². The van der Waals surface area contributed by atoms with E-state index in [1.165, 1.54) is 12.1 Å². The van der Waals surface area contributed by atoms with Gasteiger partial charge in [0.15, 0.2) is 9.84 Å². The average Bonchev–Trinajstić information content (AvgIpc) is 3.29. The molecule has 1 saturated carbocycles. The molecule has 1 heterocycles. The summed E-state index contributed by atoms with van der Waals surface area (Å²) in [4.78, 5) is 1.21. The molecule has 3 rings (SSSR count). The lowest BCUT2D eigenvalue weighted by atomic mass is 10.1. The monoisotopic (exact) mass is 349 g/mol. The van der Waals surface area contributed by atoms with E-state index < -0.39 is 26.8 Å². The van der Waals surface area contributed by atoms with Crippen molar-refractivity contribution in [3.8, 4) is 5.75 Å². The highest BCUT2D eigenvalue weighted by Gasteiger charge is 2.59. The largest absolute Gasteiger partial charge is 0.573 e. The lowest BCUT2D eigenvalue weighted by Gasteiger charge is -2.34. The maximum Gasteiger partial charge on any atom is 0.573 e. The molecule has 0 aromatic heterocycles. The van der Waals surface area contributed by atoms with Gasteiger partial charge in [0.25, 0.3) is 0 Å². The first-order chi connectivity index (χ1) is 10.7. The van der Waals surface area contributed by atoms with Gasteiger partial charge in [-0.1, -0.05) is 6.42 Å². The molecule has 0 unspecified atom stereocenters. The molecule has 2 aliphatic rings. The van der Waals surface area contributed by atoms with Gasteiger partial charge in [0.2, 0.25) is 0 Å². The summed E-state index contributed by atoms with van der Waals surface area (Å²) in [6, 6.07) is 4.49. The minimum Gasteiger partial charge on any atom is -0.406 e. The van der Waals surface area contributed by atoms with Gasteiger partial charge in [0.1, 0.15) is 10.6 Å². The molecule has 1 saturated heterocycles. The van der Waals surface area contributed by atoms with Crippen molar-refractivity contribution in [3.05, 3.63) is 24.3 Å². The summed E-state index contributed by atoms with van der Waals surface area (Å²) in [6.07, 6.45) is -0.556. The number of rotatable bonds is 4. The van der Waals surface area contributed by atoms with Crippen LogP contribution in [0.5, 0.6) is 5.75 Å². The number of likely N-dealkylation sites (tertiary alicyclic amines) is 1. The van der Waals surface area contributed by atoms with E-state index >= 15 is 0 Å². The van der Waals surface area contributed by atoms with Crippen LogP contribution in [0, 0.1) is 0 Å². The van der Waals surface area contributed by atoms with Gasteiger partial charge >= 0.3 is 6.36 Å². The van der Waals surface area contributed by atoms with E-state index in [0.29, 0.717) is 12.8 Å². The van der Waals surface area contributed by atoms with Crippen LogP contribution in [0.25, 0.3) is 0 Å². The first-order valence-corrected chi connectivity index (χ1v) is 9.08. The maximum absolute atomic E-state index is 12.9. The molecule has 4 nitrogen and oxygen atoms in total. The van der Waals surface area contributed by atoms with Gasteiger partial charge < -0.3 is 4.74 Å². The van der Waals surface area contributed by atoms with Gasteiger partial charge in [-0.15, -0.1) is 13.2 Å². The van der Waals surface area contributed by atoms with Gasteiger partial charge in [-0.25, -0.2) is 8.42 Å². The van der Waals surface area contributed by atoms with Crippen LogP contribution >= 0.6 is 0 Å². The average molecular weight is 349 g/mol. The van der Waals surface area contributed by atoms with Gasteiger partial charge in [-0.05, 0) is 63.0 Å². The van der Waals surface area contributed by atoms with Crippen molar-refractivity contribution >= 4 is 9.84 Å². The van der Waals surface area contributed by atoms with E-state index in [2.05, 4.69) is 4.74 Å². The molecule has 8 heteroatoms. The maximum atomic E-state index is 12.9. The zero-order valence-corrected chi connectivity index (χ0v) is 13.3. The molecule has 0 atom stereocenters. The van der Waals surface area contributed by atoms with Crippen molar-refractivity contribution in [2.45, 2.75) is 48.2 Å². The van der Waals surface area contributed by atoms with Crippen LogP contribution in [0.15, 0.2) is 29.2 Å². The number of piperidine rings is 1. The van der Waals surface area contributed by atoms with Gasteiger partial charge in [0.05, 0.1) is 4.90 Å². The molecular formula is C15H18F3NO3S. The quantitative estimate of drug-likeness (QED) is 0.836.